The molecule has 1 rings (SSSR count). The Morgan fingerprint density at radius 2 is 2.05 bits per heavy atom. The molecule has 0 aliphatic carbocycles. The second-order valence-electron chi connectivity index (χ2n) is 4.38. The highest BCUT2D eigenvalue weighted by Gasteiger charge is 2.42. The topological polar surface area (TPSA) is 157 Å². The Hall–Kier alpha value is -1.68. The molecule has 0 radical (unpaired) electrons. The van der Waals surface area contributed by atoms with E-state index in [1.165, 1.54) is 0 Å². The number of hydrogen-bond donors (Lipinski definition) is 6. The Balaban J connectivity index is 3.04. The minimum Gasteiger partial charge on any atom is -0.478 e. The van der Waals surface area contributed by atoms with Crippen LogP contribution in [0.2, 0.25) is 0 Å². The van der Waals surface area contributed by atoms with Gasteiger partial charge in [-0.15, -0.1) is 0 Å². The number of amides is 1. The molecule has 9 nitrogen and oxygen atoms in total. The van der Waals surface area contributed by atoms with Gasteiger partial charge < -0.3 is 35.6 Å². The van der Waals surface area contributed by atoms with Crippen LogP contribution in [0.15, 0.2) is 11.8 Å². The highest BCUT2D eigenvalue weighted by atomic mass is 16.5. The first kappa shape index (κ1) is 16.4. The van der Waals surface area contributed by atoms with Crippen molar-refractivity contribution in [2.75, 3.05) is 6.61 Å². The molecule has 20 heavy (non-hydrogen) atoms. The maximum absolute atomic E-state index is 11.1. The SMILES string of the molecule is CC(=O)N[C@@H]1[C@H]([C@@H](O)[C@H](O)CO)OC(C(=O)O)=C[C@@H]1O. The molecule has 0 bridgehead atoms. The van der Waals surface area contributed by atoms with Crippen molar-refractivity contribution < 1.29 is 39.9 Å². The molecule has 0 spiro atoms. The summed E-state index contributed by atoms with van der Waals surface area (Å²) >= 11 is 0. The normalized spacial score (nSPS) is 28.9. The standard InChI is InChI=1S/C11H17NO8/c1-4(14)12-8-5(15)2-7(11(18)19)20-10(8)9(17)6(16)3-13/h2,5-6,8-10,13,15-17H,3H2,1H3,(H,12,14)(H,18,19)/t5-,6+,8-,9-,10+/m0/s1. The first-order valence-corrected chi connectivity index (χ1v) is 5.81. The first-order chi connectivity index (χ1) is 9.27. The van der Waals surface area contributed by atoms with E-state index in [0.717, 1.165) is 13.0 Å². The Labute approximate surface area is 114 Å². The molecule has 114 valence electrons. The molecule has 0 saturated carbocycles. The van der Waals surface area contributed by atoms with Crippen LogP contribution in [-0.2, 0) is 14.3 Å². The molecule has 1 amide bonds. The van der Waals surface area contributed by atoms with Gasteiger partial charge in [-0.2, -0.15) is 0 Å². The van der Waals surface area contributed by atoms with Gasteiger partial charge >= 0.3 is 5.97 Å². The fraction of sp³-hybridized carbons (Fsp3) is 0.636. The van der Waals surface area contributed by atoms with Crippen molar-refractivity contribution in [3.05, 3.63) is 11.8 Å². The Morgan fingerprint density at radius 3 is 2.50 bits per heavy atom. The van der Waals surface area contributed by atoms with E-state index in [4.69, 9.17) is 14.9 Å². The van der Waals surface area contributed by atoms with Crippen LogP contribution in [0.4, 0.5) is 0 Å². The number of carbonyl (C=O) groups is 2. The average Bonchev–Trinajstić information content (AvgIpc) is 2.38. The van der Waals surface area contributed by atoms with E-state index in [2.05, 4.69) is 5.32 Å². The molecule has 1 aliphatic heterocycles. The fourth-order valence-electron chi connectivity index (χ4n) is 1.85. The van der Waals surface area contributed by atoms with Crippen LogP contribution in [0.5, 0.6) is 0 Å². The number of aliphatic hydroxyl groups is 4. The minimum absolute atomic E-state index is 0.541. The number of aliphatic carboxylic acids is 1. The van der Waals surface area contributed by atoms with E-state index in [-0.39, 0.29) is 0 Å². The van der Waals surface area contributed by atoms with E-state index in [1.54, 1.807) is 0 Å². The summed E-state index contributed by atoms with van der Waals surface area (Å²) in [4.78, 5) is 21.9. The summed E-state index contributed by atoms with van der Waals surface area (Å²) in [6.07, 6.45) is -5.29. The van der Waals surface area contributed by atoms with Crippen LogP contribution in [0.1, 0.15) is 6.92 Å². The van der Waals surface area contributed by atoms with Gasteiger partial charge in [0, 0.05) is 6.92 Å². The molecular formula is C11H17NO8. The van der Waals surface area contributed by atoms with E-state index in [0.29, 0.717) is 0 Å². The first-order valence-electron chi connectivity index (χ1n) is 5.81. The summed E-state index contributed by atoms with van der Waals surface area (Å²) in [5.74, 6) is -2.63. The highest BCUT2D eigenvalue weighted by molar-refractivity contribution is 5.84. The lowest BCUT2D eigenvalue weighted by molar-refractivity contribution is -0.149. The third kappa shape index (κ3) is 3.67. The molecule has 0 fully saturated rings. The Bertz CT molecular complexity index is 409. The number of nitrogens with one attached hydrogen (secondary N) is 1. The summed E-state index contributed by atoms with van der Waals surface area (Å²) < 4.78 is 4.98. The van der Waals surface area contributed by atoms with Crippen molar-refractivity contribution in [3.63, 3.8) is 0 Å². The summed E-state index contributed by atoms with van der Waals surface area (Å²) in [6, 6.07) is -1.16. The van der Waals surface area contributed by atoms with Gasteiger partial charge in [0.25, 0.3) is 0 Å². The number of ether oxygens (including phenoxy) is 1. The number of carbonyl (C=O) groups excluding carboxylic acids is 1. The van der Waals surface area contributed by atoms with Crippen LogP contribution in [0.3, 0.4) is 0 Å². The number of carboxylic acids is 1. The summed E-state index contributed by atoms with van der Waals surface area (Å²) in [7, 11) is 0. The molecule has 0 saturated heterocycles. The molecule has 1 aliphatic rings. The molecule has 0 aromatic rings. The maximum atomic E-state index is 11.1. The third-order valence-corrected chi connectivity index (χ3v) is 2.81. The van der Waals surface area contributed by atoms with Gasteiger partial charge in [0.2, 0.25) is 11.7 Å². The van der Waals surface area contributed by atoms with Crippen LogP contribution >= 0.6 is 0 Å². The fourth-order valence-corrected chi connectivity index (χ4v) is 1.85. The van der Waals surface area contributed by atoms with Gasteiger partial charge in [-0.3, -0.25) is 4.79 Å². The smallest absolute Gasteiger partial charge is 0.370 e. The van der Waals surface area contributed by atoms with Gasteiger partial charge in [0.1, 0.15) is 18.3 Å². The van der Waals surface area contributed by atoms with Gasteiger partial charge in [0.15, 0.2) is 6.10 Å². The lowest BCUT2D eigenvalue weighted by Gasteiger charge is -2.37. The highest BCUT2D eigenvalue weighted by Crippen LogP contribution is 2.22. The molecule has 0 unspecified atom stereocenters. The second kappa shape index (κ2) is 6.66. The van der Waals surface area contributed by atoms with Crippen LogP contribution in [0.25, 0.3) is 0 Å². The molecule has 6 N–H and O–H groups in total. The van der Waals surface area contributed by atoms with Crippen LogP contribution in [-0.4, -0.2) is 74.5 Å². The maximum Gasteiger partial charge on any atom is 0.370 e. The van der Waals surface area contributed by atoms with Gasteiger partial charge in [-0.1, -0.05) is 0 Å². The van der Waals surface area contributed by atoms with Crippen LogP contribution in [0, 0.1) is 0 Å². The van der Waals surface area contributed by atoms with E-state index in [9.17, 15) is 24.9 Å². The number of aliphatic hydroxyl groups excluding tert-OH is 4. The van der Waals surface area contributed by atoms with Crippen LogP contribution < -0.4 is 5.32 Å². The zero-order chi connectivity index (χ0) is 15.4. The van der Waals surface area contributed by atoms with Crippen molar-refractivity contribution in [3.8, 4) is 0 Å². The summed E-state index contributed by atoms with van der Waals surface area (Å²) in [6.45, 7) is 0.366. The monoisotopic (exact) mass is 291 g/mol. The molecule has 9 heteroatoms. The van der Waals surface area contributed by atoms with Gasteiger partial charge in [-0.25, -0.2) is 4.79 Å². The van der Waals surface area contributed by atoms with E-state index in [1.807, 2.05) is 0 Å². The number of rotatable bonds is 5. The Kier molecular flexibility index (Phi) is 5.45. The quantitative estimate of drug-likeness (QED) is 0.311. The third-order valence-electron chi connectivity index (χ3n) is 2.81. The van der Waals surface area contributed by atoms with Crippen molar-refractivity contribution >= 4 is 11.9 Å². The largest absolute Gasteiger partial charge is 0.478 e. The molecule has 1 heterocycles. The van der Waals surface area contributed by atoms with E-state index < -0.39 is 54.7 Å². The minimum atomic E-state index is -1.70. The van der Waals surface area contributed by atoms with Gasteiger partial charge in [0.05, 0.1) is 12.6 Å². The predicted molar refractivity (Wildman–Crippen MR) is 63.3 cm³/mol. The second-order valence-corrected chi connectivity index (χ2v) is 4.38. The zero-order valence-corrected chi connectivity index (χ0v) is 10.6. The van der Waals surface area contributed by atoms with Crippen molar-refractivity contribution in [2.45, 2.75) is 37.4 Å². The van der Waals surface area contributed by atoms with Gasteiger partial charge in [-0.05, 0) is 6.08 Å². The molecule has 0 aromatic heterocycles. The summed E-state index contributed by atoms with van der Waals surface area (Å²) in [5.41, 5.74) is 0. The molecule has 5 atom stereocenters. The van der Waals surface area contributed by atoms with Crippen molar-refractivity contribution in [1.29, 1.82) is 0 Å². The van der Waals surface area contributed by atoms with E-state index >= 15 is 0 Å². The summed E-state index contributed by atoms with van der Waals surface area (Å²) in [5, 5.41) is 49.0. The number of carboxylic acid groups (broad SMARTS) is 1. The molecular weight excluding hydrogens is 274 g/mol. The Morgan fingerprint density at radius 1 is 1.45 bits per heavy atom. The zero-order valence-electron chi connectivity index (χ0n) is 10.6. The lowest BCUT2D eigenvalue weighted by Crippen LogP contribution is -2.59. The molecule has 0 aromatic carbocycles. The number of hydrogen-bond acceptors (Lipinski definition) is 7. The lowest BCUT2D eigenvalue weighted by atomic mass is 9.94. The average molecular weight is 291 g/mol. The van der Waals surface area contributed by atoms with Crippen molar-refractivity contribution in [2.24, 2.45) is 0 Å². The van der Waals surface area contributed by atoms with Crippen molar-refractivity contribution in [1.82, 2.24) is 5.32 Å². The predicted octanol–water partition coefficient (Wildman–Crippen LogP) is -3.07.